The number of thiazole rings is 1. The molecule has 0 saturated heterocycles. The van der Waals surface area contributed by atoms with Gasteiger partial charge in [-0.25, -0.2) is 9.97 Å². The standard InChI is InChI=1S/C23H23N5O3S/c1-4-28-22(30)17-7-5-6-8-18(17)25-23(28)27-26-20(29)19-13-32-21(24-19)15-9-11-16(12-10-15)31-14(2)3/h5-14H,4H2,1-3H3,(H,25,27)(H,26,29). The summed E-state index contributed by atoms with van der Waals surface area (Å²) in [5.74, 6) is 0.630. The molecule has 4 rings (SSSR count). The predicted molar refractivity (Wildman–Crippen MR) is 126 cm³/mol. The summed E-state index contributed by atoms with van der Waals surface area (Å²) >= 11 is 1.37. The van der Waals surface area contributed by atoms with Crippen molar-refractivity contribution in [2.45, 2.75) is 33.4 Å². The van der Waals surface area contributed by atoms with E-state index in [9.17, 15) is 9.59 Å². The maximum Gasteiger partial charge on any atom is 0.289 e. The van der Waals surface area contributed by atoms with Gasteiger partial charge in [0.1, 0.15) is 16.5 Å². The monoisotopic (exact) mass is 449 g/mol. The highest BCUT2D eigenvalue weighted by molar-refractivity contribution is 7.13. The molecule has 0 aliphatic carbocycles. The normalized spacial score (nSPS) is 11.0. The van der Waals surface area contributed by atoms with Crippen LogP contribution in [0.15, 0.2) is 58.7 Å². The van der Waals surface area contributed by atoms with Gasteiger partial charge in [-0.05, 0) is 57.2 Å². The maximum atomic E-state index is 12.7. The van der Waals surface area contributed by atoms with Gasteiger partial charge in [0.15, 0.2) is 0 Å². The third kappa shape index (κ3) is 4.47. The second-order valence-corrected chi connectivity index (χ2v) is 8.17. The summed E-state index contributed by atoms with van der Waals surface area (Å²) < 4.78 is 7.13. The molecule has 0 spiro atoms. The van der Waals surface area contributed by atoms with E-state index in [1.54, 1.807) is 23.6 Å². The Kier molecular flexibility index (Phi) is 6.18. The highest BCUT2D eigenvalue weighted by Crippen LogP contribution is 2.26. The van der Waals surface area contributed by atoms with E-state index in [1.807, 2.05) is 51.1 Å². The van der Waals surface area contributed by atoms with E-state index in [2.05, 4.69) is 20.8 Å². The molecule has 2 aromatic heterocycles. The lowest BCUT2D eigenvalue weighted by Gasteiger charge is -2.13. The molecule has 2 heterocycles. The van der Waals surface area contributed by atoms with Crippen LogP contribution in [-0.4, -0.2) is 26.5 Å². The number of fused-ring (bicyclic) bond motifs is 1. The minimum Gasteiger partial charge on any atom is -0.491 e. The topological polar surface area (TPSA) is 98.1 Å². The van der Waals surface area contributed by atoms with Crippen LogP contribution in [0.25, 0.3) is 21.5 Å². The van der Waals surface area contributed by atoms with Crippen molar-refractivity contribution in [3.63, 3.8) is 0 Å². The van der Waals surface area contributed by atoms with E-state index in [0.717, 1.165) is 16.3 Å². The van der Waals surface area contributed by atoms with Gasteiger partial charge in [0, 0.05) is 17.5 Å². The van der Waals surface area contributed by atoms with E-state index in [0.29, 0.717) is 17.4 Å². The van der Waals surface area contributed by atoms with Crippen molar-refractivity contribution in [2.24, 2.45) is 0 Å². The number of rotatable bonds is 7. The molecule has 1 amide bonds. The highest BCUT2D eigenvalue weighted by atomic mass is 32.1. The van der Waals surface area contributed by atoms with Gasteiger partial charge in [-0.3, -0.25) is 25.0 Å². The third-order valence-corrected chi connectivity index (χ3v) is 5.57. The Labute approximate surface area is 188 Å². The average Bonchev–Trinajstić information content (AvgIpc) is 3.28. The van der Waals surface area contributed by atoms with Crippen LogP contribution in [0, 0.1) is 0 Å². The molecule has 32 heavy (non-hydrogen) atoms. The van der Waals surface area contributed by atoms with Crippen molar-refractivity contribution in [1.82, 2.24) is 20.0 Å². The number of nitrogens with one attached hydrogen (secondary N) is 2. The fraction of sp³-hybridized carbons (Fsp3) is 0.217. The van der Waals surface area contributed by atoms with Gasteiger partial charge in [0.05, 0.1) is 17.0 Å². The smallest absolute Gasteiger partial charge is 0.289 e. The molecular weight excluding hydrogens is 426 g/mol. The van der Waals surface area contributed by atoms with Crippen molar-refractivity contribution < 1.29 is 9.53 Å². The molecule has 0 saturated carbocycles. The molecule has 0 unspecified atom stereocenters. The number of hydrogen-bond donors (Lipinski definition) is 2. The Hall–Kier alpha value is -3.72. The first kappa shape index (κ1) is 21.5. The average molecular weight is 450 g/mol. The van der Waals surface area contributed by atoms with Crippen molar-refractivity contribution >= 4 is 34.1 Å². The Bertz CT molecular complexity index is 1310. The quantitative estimate of drug-likeness (QED) is 0.413. The molecule has 2 aromatic carbocycles. The lowest BCUT2D eigenvalue weighted by atomic mass is 10.2. The number of amides is 1. The van der Waals surface area contributed by atoms with Crippen LogP contribution >= 0.6 is 11.3 Å². The lowest BCUT2D eigenvalue weighted by molar-refractivity contribution is 0.0958. The molecule has 8 nitrogen and oxygen atoms in total. The fourth-order valence-corrected chi connectivity index (χ4v) is 4.00. The molecule has 0 aliphatic heterocycles. The van der Waals surface area contributed by atoms with E-state index in [-0.39, 0.29) is 23.3 Å². The summed E-state index contributed by atoms with van der Waals surface area (Å²) in [7, 11) is 0. The minimum atomic E-state index is -0.419. The molecule has 4 aromatic rings. The summed E-state index contributed by atoms with van der Waals surface area (Å²) in [6, 6.07) is 14.7. The SMILES string of the molecule is CCn1c(NNC(=O)c2csc(-c3ccc(OC(C)C)cc3)n2)nc2ccccc2c1=O. The second-order valence-electron chi connectivity index (χ2n) is 7.31. The predicted octanol–water partition coefficient (Wildman–Crippen LogP) is 4.08. The summed E-state index contributed by atoms with van der Waals surface area (Å²) in [5.41, 5.74) is 6.91. The minimum absolute atomic E-state index is 0.102. The zero-order chi connectivity index (χ0) is 22.7. The van der Waals surface area contributed by atoms with Crippen LogP contribution in [0.3, 0.4) is 0 Å². The van der Waals surface area contributed by atoms with Crippen LogP contribution in [-0.2, 0) is 6.54 Å². The first-order valence-corrected chi connectivity index (χ1v) is 11.1. The summed E-state index contributed by atoms with van der Waals surface area (Å²) in [4.78, 5) is 34.2. The van der Waals surface area contributed by atoms with Crippen LogP contribution in [0.5, 0.6) is 5.75 Å². The second kappa shape index (κ2) is 9.19. The largest absolute Gasteiger partial charge is 0.491 e. The molecule has 0 aliphatic rings. The molecular formula is C23H23N5O3S. The number of anilines is 1. The van der Waals surface area contributed by atoms with Crippen molar-refractivity contribution in [3.05, 3.63) is 70.0 Å². The van der Waals surface area contributed by atoms with Crippen LogP contribution < -0.4 is 21.1 Å². The first-order chi connectivity index (χ1) is 15.5. The van der Waals surface area contributed by atoms with E-state index >= 15 is 0 Å². The van der Waals surface area contributed by atoms with Gasteiger partial charge in [-0.1, -0.05) is 12.1 Å². The lowest BCUT2D eigenvalue weighted by Crippen LogP contribution is -2.34. The number of carbonyl (C=O) groups excluding carboxylic acids is 1. The van der Waals surface area contributed by atoms with E-state index in [4.69, 9.17) is 4.74 Å². The zero-order valence-corrected chi connectivity index (χ0v) is 18.8. The maximum absolute atomic E-state index is 12.7. The molecule has 2 N–H and O–H groups in total. The molecule has 0 fully saturated rings. The number of aromatic nitrogens is 3. The molecule has 0 bridgehead atoms. The number of hydrogen-bond acceptors (Lipinski definition) is 7. The summed E-state index contributed by atoms with van der Waals surface area (Å²) in [5, 5.41) is 2.94. The number of carbonyl (C=O) groups is 1. The third-order valence-electron chi connectivity index (χ3n) is 4.68. The van der Waals surface area contributed by atoms with Crippen molar-refractivity contribution in [1.29, 1.82) is 0 Å². The number of para-hydroxylation sites is 1. The summed E-state index contributed by atoms with van der Waals surface area (Å²) in [6.07, 6.45) is 0.102. The number of hydrazine groups is 1. The number of benzene rings is 2. The van der Waals surface area contributed by atoms with Crippen molar-refractivity contribution in [2.75, 3.05) is 5.43 Å². The fourth-order valence-electron chi connectivity index (χ4n) is 3.19. The Morgan fingerprint density at radius 2 is 1.88 bits per heavy atom. The molecule has 9 heteroatoms. The van der Waals surface area contributed by atoms with Crippen molar-refractivity contribution in [3.8, 4) is 16.3 Å². The van der Waals surface area contributed by atoms with E-state index < -0.39 is 5.91 Å². The van der Waals surface area contributed by atoms with Crippen LogP contribution in [0.4, 0.5) is 5.95 Å². The van der Waals surface area contributed by atoms with Crippen LogP contribution in [0.1, 0.15) is 31.3 Å². The highest BCUT2D eigenvalue weighted by Gasteiger charge is 2.14. The number of ether oxygens (including phenoxy) is 1. The van der Waals surface area contributed by atoms with Gasteiger partial charge >= 0.3 is 0 Å². The zero-order valence-electron chi connectivity index (χ0n) is 18.0. The van der Waals surface area contributed by atoms with Gasteiger partial charge in [-0.15, -0.1) is 11.3 Å². The Balaban J connectivity index is 1.49. The first-order valence-electron chi connectivity index (χ1n) is 10.2. The molecule has 0 atom stereocenters. The summed E-state index contributed by atoms with van der Waals surface area (Å²) in [6.45, 7) is 6.20. The van der Waals surface area contributed by atoms with E-state index in [1.165, 1.54) is 15.9 Å². The Morgan fingerprint density at radius 3 is 2.59 bits per heavy atom. The van der Waals surface area contributed by atoms with Gasteiger partial charge in [0.2, 0.25) is 5.95 Å². The van der Waals surface area contributed by atoms with Crippen LogP contribution in [0.2, 0.25) is 0 Å². The molecule has 164 valence electrons. The van der Waals surface area contributed by atoms with Gasteiger partial charge in [0.25, 0.3) is 11.5 Å². The molecule has 0 radical (unpaired) electrons. The number of nitrogens with zero attached hydrogens (tertiary/aromatic N) is 3. The Morgan fingerprint density at radius 1 is 1.12 bits per heavy atom. The van der Waals surface area contributed by atoms with Gasteiger partial charge < -0.3 is 4.74 Å². The van der Waals surface area contributed by atoms with Gasteiger partial charge in [-0.2, -0.15) is 0 Å².